The molecular formula is C13H17NO. The lowest BCUT2D eigenvalue weighted by Crippen LogP contribution is -2.16. The molecule has 1 heterocycles. The van der Waals surface area contributed by atoms with Crippen LogP contribution < -0.4 is 9.64 Å². The van der Waals surface area contributed by atoms with Gasteiger partial charge in [0, 0.05) is 13.2 Å². The minimum Gasteiger partial charge on any atom is -0.461 e. The topological polar surface area (TPSA) is 12.5 Å². The summed E-state index contributed by atoms with van der Waals surface area (Å²) in [5.41, 5.74) is 2.58. The Hall–Kier alpha value is -1.44. The Bertz CT molecular complexity index is 401. The van der Waals surface area contributed by atoms with Gasteiger partial charge < -0.3 is 9.64 Å². The molecule has 0 atom stereocenters. The molecule has 0 fully saturated rings. The third kappa shape index (κ3) is 1.84. The SMILES string of the molecule is CN1C=COc2cc(C(C)(C)C)ccc21. The Morgan fingerprint density at radius 3 is 2.60 bits per heavy atom. The van der Waals surface area contributed by atoms with Crippen LogP contribution in [-0.2, 0) is 5.41 Å². The Kier molecular flexibility index (Phi) is 2.22. The fraction of sp³-hybridized carbons (Fsp3) is 0.385. The minimum atomic E-state index is 0.165. The molecule has 0 radical (unpaired) electrons. The molecule has 0 aliphatic carbocycles. The summed E-state index contributed by atoms with van der Waals surface area (Å²) < 4.78 is 5.51. The first-order chi connectivity index (χ1) is 6.98. The highest BCUT2D eigenvalue weighted by Gasteiger charge is 2.18. The van der Waals surface area contributed by atoms with Crippen LogP contribution in [0.2, 0.25) is 0 Å². The predicted molar refractivity (Wildman–Crippen MR) is 63.3 cm³/mol. The minimum absolute atomic E-state index is 0.165. The molecule has 1 aliphatic rings. The molecule has 1 aliphatic heterocycles. The van der Waals surface area contributed by atoms with E-state index < -0.39 is 0 Å². The summed E-state index contributed by atoms with van der Waals surface area (Å²) in [5, 5.41) is 0. The highest BCUT2D eigenvalue weighted by molar-refractivity contribution is 5.63. The number of nitrogens with zero attached hydrogens (tertiary/aromatic N) is 1. The second-order valence-electron chi connectivity index (χ2n) is 4.95. The number of hydrogen-bond acceptors (Lipinski definition) is 2. The van der Waals surface area contributed by atoms with E-state index in [1.807, 2.05) is 13.2 Å². The largest absolute Gasteiger partial charge is 0.461 e. The Balaban J connectivity index is 2.45. The highest BCUT2D eigenvalue weighted by atomic mass is 16.5. The van der Waals surface area contributed by atoms with Crippen LogP contribution in [0.15, 0.2) is 30.7 Å². The Morgan fingerprint density at radius 2 is 1.93 bits per heavy atom. The summed E-state index contributed by atoms with van der Waals surface area (Å²) in [6.07, 6.45) is 3.63. The van der Waals surface area contributed by atoms with Crippen molar-refractivity contribution in [2.24, 2.45) is 0 Å². The first kappa shape index (κ1) is 10.1. The van der Waals surface area contributed by atoms with Gasteiger partial charge in [0.1, 0.15) is 6.26 Å². The predicted octanol–water partition coefficient (Wildman–Crippen LogP) is 3.28. The van der Waals surface area contributed by atoms with Crippen molar-refractivity contribution in [1.29, 1.82) is 0 Å². The van der Waals surface area contributed by atoms with Gasteiger partial charge in [0.15, 0.2) is 5.75 Å². The van der Waals surface area contributed by atoms with E-state index in [1.165, 1.54) is 5.56 Å². The molecule has 0 N–H and O–H groups in total. The summed E-state index contributed by atoms with van der Waals surface area (Å²) >= 11 is 0. The number of rotatable bonds is 0. The van der Waals surface area contributed by atoms with Crippen LogP contribution in [0.25, 0.3) is 0 Å². The summed E-state index contributed by atoms with van der Waals surface area (Å²) in [4.78, 5) is 2.06. The highest BCUT2D eigenvalue weighted by Crippen LogP contribution is 2.35. The van der Waals surface area contributed by atoms with Gasteiger partial charge in [0.25, 0.3) is 0 Å². The van der Waals surface area contributed by atoms with E-state index in [4.69, 9.17) is 4.74 Å². The zero-order valence-corrected chi connectivity index (χ0v) is 9.74. The molecule has 0 bridgehead atoms. The van der Waals surface area contributed by atoms with Crippen molar-refractivity contribution in [3.8, 4) is 5.75 Å². The summed E-state index contributed by atoms with van der Waals surface area (Å²) in [6, 6.07) is 6.40. The standard InChI is InChI=1S/C13H17NO/c1-13(2,3)10-5-6-11-12(9-10)15-8-7-14(11)4/h5-9H,1-4H3. The Morgan fingerprint density at radius 1 is 1.20 bits per heavy atom. The van der Waals surface area contributed by atoms with Crippen molar-refractivity contribution in [1.82, 2.24) is 0 Å². The van der Waals surface area contributed by atoms with Crippen molar-refractivity contribution in [2.45, 2.75) is 26.2 Å². The number of hydrogen-bond donors (Lipinski definition) is 0. The lowest BCUT2D eigenvalue weighted by Gasteiger charge is -2.25. The van der Waals surface area contributed by atoms with Crippen LogP contribution in [0.5, 0.6) is 5.75 Å². The van der Waals surface area contributed by atoms with Gasteiger partial charge in [-0.25, -0.2) is 0 Å². The maximum absolute atomic E-state index is 5.51. The first-order valence-corrected chi connectivity index (χ1v) is 5.19. The first-order valence-electron chi connectivity index (χ1n) is 5.19. The van der Waals surface area contributed by atoms with Gasteiger partial charge in [0.05, 0.1) is 5.69 Å². The van der Waals surface area contributed by atoms with Crippen molar-refractivity contribution in [2.75, 3.05) is 11.9 Å². The van der Waals surface area contributed by atoms with Crippen LogP contribution in [0.1, 0.15) is 26.3 Å². The molecule has 1 aromatic rings. The lowest BCUT2D eigenvalue weighted by atomic mass is 9.87. The quantitative estimate of drug-likeness (QED) is 0.641. The zero-order valence-electron chi connectivity index (χ0n) is 9.74. The van der Waals surface area contributed by atoms with Gasteiger partial charge in [-0.05, 0) is 23.1 Å². The molecule has 1 aromatic carbocycles. The van der Waals surface area contributed by atoms with E-state index in [2.05, 4.69) is 43.9 Å². The van der Waals surface area contributed by atoms with E-state index in [9.17, 15) is 0 Å². The molecule has 0 saturated heterocycles. The molecule has 0 amide bonds. The van der Waals surface area contributed by atoms with Crippen LogP contribution >= 0.6 is 0 Å². The summed E-state index contributed by atoms with van der Waals surface area (Å²) in [6.45, 7) is 6.62. The van der Waals surface area contributed by atoms with Gasteiger partial charge in [-0.3, -0.25) is 0 Å². The van der Waals surface area contributed by atoms with E-state index >= 15 is 0 Å². The summed E-state index contributed by atoms with van der Waals surface area (Å²) in [7, 11) is 2.02. The zero-order chi connectivity index (χ0) is 11.1. The molecule has 80 valence electrons. The monoisotopic (exact) mass is 203 g/mol. The van der Waals surface area contributed by atoms with Gasteiger partial charge in [-0.2, -0.15) is 0 Å². The fourth-order valence-corrected chi connectivity index (χ4v) is 1.64. The van der Waals surface area contributed by atoms with Crippen molar-refractivity contribution in [3.05, 3.63) is 36.2 Å². The number of fused-ring (bicyclic) bond motifs is 1. The molecule has 0 spiro atoms. The number of anilines is 1. The van der Waals surface area contributed by atoms with E-state index in [0.717, 1.165) is 11.4 Å². The van der Waals surface area contributed by atoms with E-state index in [-0.39, 0.29) is 5.41 Å². The molecule has 2 rings (SSSR count). The third-order valence-electron chi connectivity index (χ3n) is 2.69. The molecule has 0 saturated carbocycles. The molecule has 2 heteroatoms. The van der Waals surface area contributed by atoms with Crippen LogP contribution in [0, 0.1) is 0 Å². The van der Waals surface area contributed by atoms with E-state index in [1.54, 1.807) is 6.26 Å². The maximum atomic E-state index is 5.51. The second kappa shape index (κ2) is 3.30. The lowest BCUT2D eigenvalue weighted by molar-refractivity contribution is 0.468. The van der Waals surface area contributed by atoms with Gasteiger partial charge in [0.2, 0.25) is 0 Å². The van der Waals surface area contributed by atoms with Crippen molar-refractivity contribution in [3.63, 3.8) is 0 Å². The average Bonchev–Trinajstić information content (AvgIpc) is 2.16. The smallest absolute Gasteiger partial charge is 0.150 e. The van der Waals surface area contributed by atoms with Gasteiger partial charge in [-0.15, -0.1) is 0 Å². The van der Waals surface area contributed by atoms with Crippen LogP contribution in [-0.4, -0.2) is 7.05 Å². The summed E-state index contributed by atoms with van der Waals surface area (Å²) in [5.74, 6) is 0.937. The normalized spacial score (nSPS) is 14.8. The van der Waals surface area contributed by atoms with Crippen molar-refractivity contribution < 1.29 is 4.74 Å². The van der Waals surface area contributed by atoms with Crippen LogP contribution in [0.4, 0.5) is 5.69 Å². The number of ether oxygens (including phenoxy) is 1. The van der Waals surface area contributed by atoms with E-state index in [0.29, 0.717) is 0 Å². The average molecular weight is 203 g/mol. The Labute approximate surface area is 91.2 Å². The molecule has 2 nitrogen and oxygen atoms in total. The fourth-order valence-electron chi connectivity index (χ4n) is 1.64. The second-order valence-corrected chi connectivity index (χ2v) is 4.95. The molecule has 15 heavy (non-hydrogen) atoms. The molecule has 0 unspecified atom stereocenters. The van der Waals surface area contributed by atoms with Crippen molar-refractivity contribution >= 4 is 5.69 Å². The molecule has 0 aromatic heterocycles. The van der Waals surface area contributed by atoms with Gasteiger partial charge >= 0.3 is 0 Å². The molecular weight excluding hydrogens is 186 g/mol. The van der Waals surface area contributed by atoms with Crippen LogP contribution in [0.3, 0.4) is 0 Å². The third-order valence-corrected chi connectivity index (χ3v) is 2.69. The van der Waals surface area contributed by atoms with Gasteiger partial charge in [-0.1, -0.05) is 26.8 Å². The number of benzene rings is 1. The maximum Gasteiger partial charge on any atom is 0.150 e.